The van der Waals surface area contributed by atoms with Gasteiger partial charge in [0, 0.05) is 34.7 Å². The van der Waals surface area contributed by atoms with Crippen molar-refractivity contribution in [3.05, 3.63) is 41.4 Å². The zero-order valence-corrected chi connectivity index (χ0v) is 40.2. The van der Waals surface area contributed by atoms with Gasteiger partial charge in [-0.1, -0.05) is 57.2 Å². The van der Waals surface area contributed by atoms with Gasteiger partial charge in [-0.05, 0) is 111 Å². The Kier molecular flexibility index (Phi) is 14.5. The molecule has 4 fully saturated rings. The van der Waals surface area contributed by atoms with Gasteiger partial charge >= 0.3 is 6.09 Å². The number of thiazole rings is 1. The van der Waals surface area contributed by atoms with Crippen LogP contribution in [0.4, 0.5) is 4.79 Å². The molecule has 3 aliphatic carbocycles. The van der Waals surface area contributed by atoms with E-state index in [0.717, 1.165) is 53.0 Å². The van der Waals surface area contributed by atoms with Gasteiger partial charge in [0.05, 0.1) is 22.5 Å². The van der Waals surface area contributed by atoms with Crippen LogP contribution < -0.4 is 20.5 Å². The fraction of sp³-hybridized carbons (Fsp3) is 0.681. The van der Waals surface area contributed by atoms with E-state index >= 15 is 0 Å². The Morgan fingerprint density at radius 2 is 1.83 bits per heavy atom. The largest absolute Gasteiger partial charge is 0.459 e. The fourth-order valence-electron chi connectivity index (χ4n) is 9.35. The second kappa shape index (κ2) is 19.4. The lowest BCUT2D eigenvalue weighted by Gasteiger charge is -2.29. The summed E-state index contributed by atoms with van der Waals surface area (Å²) in [6, 6.07) is 4.49. The number of aliphatic hydroxyl groups excluding tert-OH is 1. The van der Waals surface area contributed by atoms with Crippen molar-refractivity contribution in [2.45, 2.75) is 179 Å². The number of rotatable bonds is 19. The van der Waals surface area contributed by atoms with Crippen LogP contribution in [0.25, 0.3) is 21.6 Å². The molecule has 3 aromatic rings. The van der Waals surface area contributed by atoms with E-state index in [9.17, 15) is 27.9 Å². The Morgan fingerprint density at radius 1 is 1.09 bits per heavy atom. The smallest absolute Gasteiger partial charge is 0.408 e. The average molecular weight is 924 g/mol. The van der Waals surface area contributed by atoms with Gasteiger partial charge < -0.3 is 30.5 Å². The van der Waals surface area contributed by atoms with Crippen LogP contribution in [0.15, 0.2) is 35.7 Å². The number of nitrogens with one attached hydrogen (secondary N) is 2. The van der Waals surface area contributed by atoms with E-state index in [1.807, 2.05) is 35.8 Å². The number of imidazole rings is 1. The maximum atomic E-state index is 14.5. The molecule has 7 atom stereocenters. The van der Waals surface area contributed by atoms with Gasteiger partial charge in [0.1, 0.15) is 40.5 Å². The number of benzene rings is 1. The second-order valence-corrected chi connectivity index (χ2v) is 23.2. The van der Waals surface area contributed by atoms with E-state index < -0.39 is 68.6 Å². The van der Waals surface area contributed by atoms with E-state index in [0.29, 0.717) is 37.6 Å². The minimum absolute atomic E-state index is 0.0222. The molecule has 64 heavy (non-hydrogen) atoms. The molecule has 1 aliphatic heterocycles. The van der Waals surface area contributed by atoms with Crippen molar-refractivity contribution in [3.8, 4) is 16.6 Å². The van der Waals surface area contributed by atoms with E-state index in [-0.39, 0.29) is 24.4 Å². The molecule has 1 aromatic carbocycles. The number of aliphatic hydroxyl groups is 1. The van der Waals surface area contributed by atoms with Crippen molar-refractivity contribution >= 4 is 50.3 Å². The Labute approximate surface area is 382 Å². The number of aromatic nitrogens is 3. The number of allylic oxidation sites excluding steroid dienone is 2. The predicted octanol–water partition coefficient (Wildman–Crippen LogP) is 7.69. The van der Waals surface area contributed by atoms with Crippen molar-refractivity contribution in [2.24, 2.45) is 23.5 Å². The van der Waals surface area contributed by atoms with Crippen molar-refractivity contribution in [3.63, 3.8) is 0 Å². The van der Waals surface area contributed by atoms with E-state index in [2.05, 4.69) is 35.3 Å². The quantitative estimate of drug-likeness (QED) is 0.0524. The number of hydrogen-bond acceptors (Lipinski definition) is 11. The monoisotopic (exact) mass is 923 g/mol. The van der Waals surface area contributed by atoms with E-state index in [1.54, 1.807) is 39.0 Å². The van der Waals surface area contributed by atoms with Crippen LogP contribution in [0.3, 0.4) is 0 Å². The highest BCUT2D eigenvalue weighted by atomic mass is 32.2. The Hall–Kier alpha value is -4.06. The lowest BCUT2D eigenvalue weighted by atomic mass is 9.87. The van der Waals surface area contributed by atoms with Crippen LogP contribution in [-0.4, -0.2) is 92.2 Å². The standard InChI is InChI=1S/C47H69N7O8S2/c1-28(2)54-36-22-16-20-32(42-49-35(27-63-42)30-17-13-11-14-18-30)38(36)51-44(54)61-37-26-53(39(29(37)3)40(48)55)43(57)34(50-45(58)62-46(4,5)6)21-15-10-8-9-12-19-31-25-33(31)41(56)52-64(59,60)47(7)23-24-47/h12,16,19-20,22,27-31,33-34,37,39,41,52,56H,8-11,13-15,17-18,21,23-26H2,1-7H3,(H2,48,55)(H,50,58). The zero-order valence-electron chi connectivity index (χ0n) is 38.5. The highest BCUT2D eigenvalue weighted by Crippen LogP contribution is 2.46. The lowest BCUT2D eigenvalue weighted by Crippen LogP contribution is -2.54. The van der Waals surface area contributed by atoms with Crippen LogP contribution in [0.2, 0.25) is 0 Å². The molecule has 0 spiro atoms. The number of sulfonamides is 1. The molecular formula is C47H69N7O8S2. The molecule has 0 radical (unpaired) electrons. The molecule has 352 valence electrons. The molecule has 7 unspecified atom stereocenters. The van der Waals surface area contributed by atoms with Crippen molar-refractivity contribution in [1.82, 2.24) is 29.5 Å². The van der Waals surface area contributed by atoms with Crippen LogP contribution in [0.5, 0.6) is 6.01 Å². The van der Waals surface area contributed by atoms with Gasteiger partial charge in [-0.3, -0.25) is 14.2 Å². The number of carbonyl (C=O) groups is 3. The van der Waals surface area contributed by atoms with Gasteiger partial charge in [-0.15, -0.1) is 11.3 Å². The van der Waals surface area contributed by atoms with E-state index in [4.69, 9.17) is 25.2 Å². The Bertz CT molecular complexity index is 2290. The Balaban J connectivity index is 1.00. The third-order valence-electron chi connectivity index (χ3n) is 13.5. The zero-order chi connectivity index (χ0) is 46.1. The topological polar surface area (TPSA) is 208 Å². The van der Waals surface area contributed by atoms with Gasteiger partial charge in [-0.2, -0.15) is 9.71 Å². The summed E-state index contributed by atoms with van der Waals surface area (Å²) in [5.74, 6) is -1.12. The lowest BCUT2D eigenvalue weighted by molar-refractivity contribution is -0.139. The van der Waals surface area contributed by atoms with Crippen molar-refractivity contribution in [1.29, 1.82) is 0 Å². The predicted molar refractivity (Wildman–Crippen MR) is 248 cm³/mol. The maximum absolute atomic E-state index is 14.5. The fourth-order valence-corrected chi connectivity index (χ4v) is 11.7. The molecule has 2 aromatic heterocycles. The number of primary amides is 1. The summed E-state index contributed by atoms with van der Waals surface area (Å²) >= 11 is 1.64. The number of alkyl carbamates (subject to hydrolysis) is 1. The SMILES string of the molecule is CC1C(Oc2nc3c(-c4nc(C5CCCCC5)cs4)cccc3n2C(C)C)CN(C(=O)C(CCCCCC=CC2CC2C(O)NS(=O)(=O)C2(C)CC2)NC(=O)OC(C)(C)C)C1C(N)=O. The first-order valence-electron chi connectivity index (χ1n) is 23.4. The summed E-state index contributed by atoms with van der Waals surface area (Å²) in [6.45, 7) is 13.0. The highest BCUT2D eigenvalue weighted by Gasteiger charge is 2.53. The molecule has 17 heteroatoms. The van der Waals surface area contributed by atoms with Gasteiger partial charge in [0.2, 0.25) is 21.8 Å². The molecule has 3 heterocycles. The molecule has 15 nitrogen and oxygen atoms in total. The third-order valence-corrected chi connectivity index (χ3v) is 16.7. The summed E-state index contributed by atoms with van der Waals surface area (Å²) in [5.41, 5.74) is 8.99. The molecule has 7 rings (SSSR count). The number of hydrogen-bond donors (Lipinski definition) is 4. The number of likely N-dealkylation sites (tertiary alicyclic amines) is 1. The number of nitrogens with two attached hydrogens (primary N) is 1. The summed E-state index contributed by atoms with van der Waals surface area (Å²) in [4.78, 5) is 52.4. The number of fused-ring (bicyclic) bond motifs is 1. The minimum Gasteiger partial charge on any atom is -0.459 e. The molecule has 0 bridgehead atoms. The van der Waals surface area contributed by atoms with Crippen LogP contribution in [0, 0.1) is 17.8 Å². The number of unbranched alkanes of at least 4 members (excludes halogenated alkanes) is 3. The summed E-state index contributed by atoms with van der Waals surface area (Å²) in [6.07, 6.45) is 12.9. The van der Waals surface area contributed by atoms with Crippen LogP contribution >= 0.6 is 11.3 Å². The maximum Gasteiger partial charge on any atom is 0.408 e. The first-order chi connectivity index (χ1) is 30.3. The summed E-state index contributed by atoms with van der Waals surface area (Å²) in [7, 11) is -3.55. The second-order valence-electron chi connectivity index (χ2n) is 20.1. The first kappa shape index (κ1) is 47.9. The van der Waals surface area contributed by atoms with Crippen molar-refractivity contribution in [2.75, 3.05) is 6.54 Å². The molecule has 5 N–H and O–H groups in total. The summed E-state index contributed by atoms with van der Waals surface area (Å²) in [5, 5.41) is 16.4. The molecule has 3 saturated carbocycles. The molecule has 4 aliphatic rings. The van der Waals surface area contributed by atoms with Gasteiger partial charge in [-0.25, -0.2) is 18.2 Å². The molecule has 1 saturated heterocycles. The number of ether oxygens (including phenoxy) is 2. The van der Waals surface area contributed by atoms with Crippen molar-refractivity contribution < 1.29 is 37.4 Å². The number of nitrogens with zero attached hydrogens (tertiary/aromatic N) is 4. The Morgan fingerprint density at radius 3 is 2.50 bits per heavy atom. The molecule has 3 amide bonds. The first-order valence-corrected chi connectivity index (χ1v) is 25.7. The van der Waals surface area contributed by atoms with Gasteiger partial charge in [0.15, 0.2) is 0 Å². The number of carbonyl (C=O) groups excluding carboxylic acids is 3. The summed E-state index contributed by atoms with van der Waals surface area (Å²) < 4.78 is 41.1. The number of amides is 3. The average Bonchev–Trinajstić information content (AvgIpc) is 4.02. The normalized spacial score (nSPS) is 24.6. The number of para-hydroxylation sites is 1. The van der Waals surface area contributed by atoms with Crippen LogP contribution in [0.1, 0.15) is 150 Å². The molecular weight excluding hydrogens is 855 g/mol. The minimum atomic E-state index is -3.55. The third kappa shape index (κ3) is 11.0. The van der Waals surface area contributed by atoms with Crippen LogP contribution in [-0.2, 0) is 24.3 Å². The van der Waals surface area contributed by atoms with E-state index in [1.165, 1.54) is 37.0 Å². The highest BCUT2D eigenvalue weighted by molar-refractivity contribution is 7.91. The van der Waals surface area contributed by atoms with Gasteiger partial charge in [0.25, 0.3) is 6.01 Å².